The van der Waals surface area contributed by atoms with E-state index in [4.69, 9.17) is 5.73 Å². The van der Waals surface area contributed by atoms with E-state index < -0.39 is 0 Å². The molecule has 2 unspecified atom stereocenters. The number of likely N-dealkylation sites (tertiary alicyclic amines) is 1. The first-order valence-electron chi connectivity index (χ1n) is 5.51. The summed E-state index contributed by atoms with van der Waals surface area (Å²) in [5.41, 5.74) is 5.33. The predicted octanol–water partition coefficient (Wildman–Crippen LogP) is -0.454. The second-order valence-electron chi connectivity index (χ2n) is 4.39. The molecule has 80 valence electrons. The molecule has 2 fully saturated rings. The fraction of sp³-hybridized carbons (Fsp3) is 0.900. The van der Waals surface area contributed by atoms with E-state index >= 15 is 0 Å². The molecule has 2 saturated heterocycles. The normalized spacial score (nSPS) is 34.6. The molecule has 14 heavy (non-hydrogen) atoms. The average Bonchev–Trinajstić information content (AvgIpc) is 2.71. The van der Waals surface area contributed by atoms with Crippen molar-refractivity contribution in [1.82, 2.24) is 10.2 Å². The van der Waals surface area contributed by atoms with Gasteiger partial charge in [-0.1, -0.05) is 0 Å². The van der Waals surface area contributed by atoms with Crippen molar-refractivity contribution >= 4 is 5.91 Å². The molecule has 2 atom stereocenters. The lowest BCUT2D eigenvalue weighted by Crippen LogP contribution is -2.50. The van der Waals surface area contributed by atoms with Crippen LogP contribution in [0.4, 0.5) is 0 Å². The van der Waals surface area contributed by atoms with Crippen LogP contribution in [0.5, 0.6) is 0 Å². The van der Waals surface area contributed by atoms with Crippen LogP contribution >= 0.6 is 0 Å². The first kappa shape index (κ1) is 9.93. The lowest BCUT2D eigenvalue weighted by molar-refractivity contribution is -0.122. The molecular formula is C10H19N3O. The summed E-state index contributed by atoms with van der Waals surface area (Å²) in [7, 11) is 0. The average molecular weight is 197 g/mol. The molecular weight excluding hydrogens is 178 g/mol. The van der Waals surface area contributed by atoms with Crippen LogP contribution in [-0.2, 0) is 4.79 Å². The standard InChI is InChI=1S/C10H19N3O/c11-10(14)8-5-9(7-12-6-8)13-3-1-2-4-13/h8-9,12H,1-7H2,(H2,11,14). The van der Waals surface area contributed by atoms with Crippen molar-refractivity contribution in [2.75, 3.05) is 26.2 Å². The molecule has 3 N–H and O–H groups in total. The molecule has 0 aliphatic carbocycles. The molecule has 1 amide bonds. The fourth-order valence-corrected chi connectivity index (χ4v) is 2.52. The Kier molecular flexibility index (Phi) is 3.03. The van der Waals surface area contributed by atoms with Crippen molar-refractivity contribution in [2.45, 2.75) is 25.3 Å². The molecule has 0 aromatic carbocycles. The highest BCUT2D eigenvalue weighted by Crippen LogP contribution is 2.19. The van der Waals surface area contributed by atoms with E-state index in [9.17, 15) is 4.79 Å². The number of amides is 1. The predicted molar refractivity (Wildman–Crippen MR) is 54.8 cm³/mol. The maximum absolute atomic E-state index is 11.1. The Bertz CT molecular complexity index is 213. The van der Waals surface area contributed by atoms with Crippen molar-refractivity contribution in [1.29, 1.82) is 0 Å². The van der Waals surface area contributed by atoms with E-state index in [1.54, 1.807) is 0 Å². The maximum Gasteiger partial charge on any atom is 0.221 e. The third kappa shape index (κ3) is 2.07. The van der Waals surface area contributed by atoms with E-state index in [2.05, 4.69) is 10.2 Å². The van der Waals surface area contributed by atoms with Crippen LogP contribution in [0.3, 0.4) is 0 Å². The largest absolute Gasteiger partial charge is 0.369 e. The third-order valence-corrected chi connectivity index (χ3v) is 3.39. The molecule has 2 aliphatic rings. The molecule has 0 spiro atoms. The Labute approximate surface area is 84.8 Å². The Hall–Kier alpha value is -0.610. The summed E-state index contributed by atoms with van der Waals surface area (Å²) in [6.45, 7) is 4.17. The number of nitrogens with two attached hydrogens (primary N) is 1. The summed E-state index contributed by atoms with van der Waals surface area (Å²) in [5, 5.41) is 3.30. The van der Waals surface area contributed by atoms with E-state index in [1.807, 2.05) is 0 Å². The van der Waals surface area contributed by atoms with Crippen LogP contribution in [0.15, 0.2) is 0 Å². The summed E-state index contributed by atoms with van der Waals surface area (Å²) >= 11 is 0. The Morgan fingerprint density at radius 2 is 2.00 bits per heavy atom. The number of carbonyl (C=O) groups excluding carboxylic acids is 1. The highest BCUT2D eigenvalue weighted by molar-refractivity contribution is 5.77. The molecule has 2 heterocycles. The van der Waals surface area contributed by atoms with Crippen LogP contribution in [0.25, 0.3) is 0 Å². The van der Waals surface area contributed by atoms with E-state index in [0.717, 1.165) is 19.5 Å². The molecule has 0 saturated carbocycles. The number of rotatable bonds is 2. The quantitative estimate of drug-likeness (QED) is 0.630. The van der Waals surface area contributed by atoms with Gasteiger partial charge < -0.3 is 11.1 Å². The van der Waals surface area contributed by atoms with Gasteiger partial charge in [-0.05, 0) is 32.4 Å². The number of hydrogen-bond donors (Lipinski definition) is 2. The van der Waals surface area contributed by atoms with Gasteiger partial charge in [0, 0.05) is 19.1 Å². The second kappa shape index (κ2) is 4.28. The highest BCUT2D eigenvalue weighted by atomic mass is 16.1. The van der Waals surface area contributed by atoms with Gasteiger partial charge >= 0.3 is 0 Å². The van der Waals surface area contributed by atoms with Gasteiger partial charge in [-0.3, -0.25) is 9.69 Å². The number of nitrogens with zero attached hydrogens (tertiary/aromatic N) is 1. The Morgan fingerprint density at radius 3 is 2.64 bits per heavy atom. The minimum atomic E-state index is -0.151. The number of nitrogens with one attached hydrogen (secondary N) is 1. The van der Waals surface area contributed by atoms with Crippen LogP contribution in [0.1, 0.15) is 19.3 Å². The van der Waals surface area contributed by atoms with E-state index in [-0.39, 0.29) is 11.8 Å². The van der Waals surface area contributed by atoms with Crippen LogP contribution in [0, 0.1) is 5.92 Å². The van der Waals surface area contributed by atoms with Gasteiger partial charge in [0.2, 0.25) is 5.91 Å². The second-order valence-corrected chi connectivity index (χ2v) is 4.39. The zero-order chi connectivity index (χ0) is 9.97. The number of primary amides is 1. The molecule has 2 rings (SSSR count). The maximum atomic E-state index is 11.1. The summed E-state index contributed by atoms with van der Waals surface area (Å²) in [5.74, 6) is -0.115. The third-order valence-electron chi connectivity index (χ3n) is 3.39. The summed E-state index contributed by atoms with van der Waals surface area (Å²) in [4.78, 5) is 13.6. The van der Waals surface area contributed by atoms with Crippen molar-refractivity contribution in [3.05, 3.63) is 0 Å². The molecule has 4 nitrogen and oxygen atoms in total. The van der Waals surface area contributed by atoms with Crippen LogP contribution < -0.4 is 11.1 Å². The van der Waals surface area contributed by atoms with Crippen molar-refractivity contribution < 1.29 is 4.79 Å². The zero-order valence-electron chi connectivity index (χ0n) is 8.54. The van der Waals surface area contributed by atoms with Gasteiger partial charge in [0.1, 0.15) is 0 Å². The van der Waals surface area contributed by atoms with Gasteiger partial charge in [-0.15, -0.1) is 0 Å². The van der Waals surface area contributed by atoms with Crippen LogP contribution in [0.2, 0.25) is 0 Å². The van der Waals surface area contributed by atoms with Gasteiger partial charge in [0.25, 0.3) is 0 Å². The number of piperidine rings is 1. The molecule has 0 aromatic heterocycles. The van der Waals surface area contributed by atoms with E-state index in [0.29, 0.717) is 6.04 Å². The summed E-state index contributed by atoms with van der Waals surface area (Å²) in [6.07, 6.45) is 3.55. The number of hydrogen-bond acceptors (Lipinski definition) is 3. The first-order chi connectivity index (χ1) is 6.77. The molecule has 4 heteroatoms. The first-order valence-corrected chi connectivity index (χ1v) is 5.51. The van der Waals surface area contributed by atoms with Crippen molar-refractivity contribution in [3.8, 4) is 0 Å². The van der Waals surface area contributed by atoms with Gasteiger partial charge in [0.15, 0.2) is 0 Å². The zero-order valence-corrected chi connectivity index (χ0v) is 8.54. The monoisotopic (exact) mass is 197 g/mol. The number of carbonyl (C=O) groups is 1. The minimum absolute atomic E-state index is 0.0364. The van der Waals surface area contributed by atoms with Gasteiger partial charge in [-0.25, -0.2) is 0 Å². The molecule has 0 radical (unpaired) electrons. The SMILES string of the molecule is NC(=O)C1CNCC(N2CCCC2)C1. The molecule has 0 aromatic rings. The summed E-state index contributed by atoms with van der Waals surface area (Å²) < 4.78 is 0. The lowest BCUT2D eigenvalue weighted by Gasteiger charge is -2.34. The van der Waals surface area contributed by atoms with Crippen molar-refractivity contribution in [3.63, 3.8) is 0 Å². The molecule has 2 aliphatic heterocycles. The minimum Gasteiger partial charge on any atom is -0.369 e. The molecule has 0 bridgehead atoms. The van der Waals surface area contributed by atoms with Crippen molar-refractivity contribution in [2.24, 2.45) is 11.7 Å². The Balaban J connectivity index is 1.89. The fourth-order valence-electron chi connectivity index (χ4n) is 2.52. The van der Waals surface area contributed by atoms with E-state index in [1.165, 1.54) is 25.9 Å². The Morgan fingerprint density at radius 1 is 1.29 bits per heavy atom. The smallest absolute Gasteiger partial charge is 0.221 e. The van der Waals surface area contributed by atoms with Crippen LogP contribution in [-0.4, -0.2) is 43.0 Å². The summed E-state index contributed by atoms with van der Waals surface area (Å²) in [6, 6.07) is 0.531. The van der Waals surface area contributed by atoms with Gasteiger partial charge in [-0.2, -0.15) is 0 Å². The highest BCUT2D eigenvalue weighted by Gasteiger charge is 2.30. The van der Waals surface area contributed by atoms with Gasteiger partial charge in [0.05, 0.1) is 5.92 Å². The topological polar surface area (TPSA) is 58.4 Å². The lowest BCUT2D eigenvalue weighted by atomic mass is 9.94.